The summed E-state index contributed by atoms with van der Waals surface area (Å²) in [6.45, 7) is 2.32. The number of fused-ring (bicyclic) bond motifs is 1. The molecule has 1 saturated heterocycles. The van der Waals surface area contributed by atoms with Crippen molar-refractivity contribution in [3.05, 3.63) is 0 Å². The SMILES string of the molecule is CN1CC2C(C1)C2NC(=N)N. The Morgan fingerprint density at radius 3 is 2.55 bits per heavy atom. The van der Waals surface area contributed by atoms with Gasteiger partial charge in [-0.3, -0.25) is 5.41 Å². The highest BCUT2D eigenvalue weighted by Gasteiger charge is 2.55. The highest BCUT2D eigenvalue weighted by molar-refractivity contribution is 5.75. The van der Waals surface area contributed by atoms with Gasteiger partial charge in [-0.1, -0.05) is 0 Å². The smallest absolute Gasteiger partial charge is 0.185 e. The summed E-state index contributed by atoms with van der Waals surface area (Å²) < 4.78 is 0. The van der Waals surface area contributed by atoms with Gasteiger partial charge in [-0.15, -0.1) is 0 Å². The van der Waals surface area contributed by atoms with Crippen molar-refractivity contribution in [3.63, 3.8) is 0 Å². The first kappa shape index (κ1) is 6.91. The first-order chi connectivity index (χ1) is 5.18. The molecule has 11 heavy (non-hydrogen) atoms. The molecular formula is C7H14N4. The first-order valence-corrected chi connectivity index (χ1v) is 3.97. The van der Waals surface area contributed by atoms with Crippen molar-refractivity contribution in [2.75, 3.05) is 20.1 Å². The largest absolute Gasteiger partial charge is 0.370 e. The molecule has 1 aliphatic heterocycles. The Bertz CT molecular complexity index is 179. The highest BCUT2D eigenvalue weighted by atomic mass is 15.2. The van der Waals surface area contributed by atoms with Crippen molar-refractivity contribution in [1.82, 2.24) is 10.2 Å². The molecule has 1 aliphatic carbocycles. The van der Waals surface area contributed by atoms with Crippen LogP contribution in [0.4, 0.5) is 0 Å². The molecule has 62 valence electrons. The van der Waals surface area contributed by atoms with Crippen LogP contribution in [-0.2, 0) is 0 Å². The number of nitrogens with two attached hydrogens (primary N) is 1. The minimum Gasteiger partial charge on any atom is -0.370 e. The van der Waals surface area contributed by atoms with Crippen LogP contribution in [0.15, 0.2) is 0 Å². The van der Waals surface area contributed by atoms with Gasteiger partial charge in [-0.2, -0.15) is 0 Å². The number of hydrogen-bond acceptors (Lipinski definition) is 2. The lowest BCUT2D eigenvalue weighted by Crippen LogP contribution is -2.37. The number of nitrogens with one attached hydrogen (secondary N) is 2. The Labute approximate surface area is 66.3 Å². The molecule has 4 heteroatoms. The summed E-state index contributed by atoms with van der Waals surface area (Å²) in [6.07, 6.45) is 0. The standard InChI is InChI=1S/C7H14N4/c1-11-2-4-5(3-11)6(4)10-7(8)9/h4-6H,2-3H2,1H3,(H4,8,9,10). The van der Waals surface area contributed by atoms with E-state index < -0.39 is 0 Å². The van der Waals surface area contributed by atoms with Crippen LogP contribution in [0.25, 0.3) is 0 Å². The minimum absolute atomic E-state index is 0.118. The molecule has 2 rings (SSSR count). The van der Waals surface area contributed by atoms with E-state index in [1.165, 1.54) is 0 Å². The Morgan fingerprint density at radius 1 is 1.55 bits per heavy atom. The van der Waals surface area contributed by atoms with E-state index in [2.05, 4.69) is 17.3 Å². The van der Waals surface area contributed by atoms with Gasteiger partial charge in [0.1, 0.15) is 0 Å². The maximum absolute atomic E-state index is 7.05. The van der Waals surface area contributed by atoms with Crippen LogP contribution in [0.3, 0.4) is 0 Å². The van der Waals surface area contributed by atoms with Crippen molar-refractivity contribution >= 4 is 5.96 Å². The predicted octanol–water partition coefficient (Wildman–Crippen LogP) is -0.971. The van der Waals surface area contributed by atoms with Gasteiger partial charge in [0.2, 0.25) is 0 Å². The topological polar surface area (TPSA) is 65.1 Å². The summed E-state index contributed by atoms with van der Waals surface area (Å²) in [5.41, 5.74) is 5.23. The number of rotatable bonds is 1. The van der Waals surface area contributed by atoms with Gasteiger partial charge in [0.05, 0.1) is 0 Å². The normalized spacial score (nSPS) is 41.7. The van der Waals surface area contributed by atoms with Crippen LogP contribution in [0.2, 0.25) is 0 Å². The summed E-state index contributed by atoms with van der Waals surface area (Å²) in [6, 6.07) is 0.503. The Hall–Kier alpha value is -0.770. The van der Waals surface area contributed by atoms with Crippen molar-refractivity contribution < 1.29 is 0 Å². The molecule has 1 saturated carbocycles. The maximum Gasteiger partial charge on any atom is 0.185 e. The van der Waals surface area contributed by atoms with Gasteiger partial charge in [-0.05, 0) is 18.9 Å². The lowest BCUT2D eigenvalue weighted by molar-refractivity contribution is 0.357. The predicted molar refractivity (Wildman–Crippen MR) is 43.3 cm³/mol. The quantitative estimate of drug-likeness (QED) is 0.336. The maximum atomic E-state index is 7.05. The lowest BCUT2D eigenvalue weighted by atomic mass is 10.4. The fraction of sp³-hybridized carbons (Fsp3) is 0.857. The summed E-state index contributed by atoms with van der Waals surface area (Å²) >= 11 is 0. The summed E-state index contributed by atoms with van der Waals surface area (Å²) in [7, 11) is 2.14. The molecule has 0 spiro atoms. The van der Waals surface area contributed by atoms with Crippen LogP contribution in [0.5, 0.6) is 0 Å². The second-order valence-electron chi connectivity index (χ2n) is 3.63. The van der Waals surface area contributed by atoms with Crippen molar-refractivity contribution in [2.24, 2.45) is 17.6 Å². The van der Waals surface area contributed by atoms with Crippen LogP contribution in [-0.4, -0.2) is 37.0 Å². The van der Waals surface area contributed by atoms with Crippen LogP contribution >= 0.6 is 0 Å². The Morgan fingerprint density at radius 2 is 2.09 bits per heavy atom. The molecule has 0 bridgehead atoms. The fourth-order valence-electron chi connectivity index (χ4n) is 2.13. The zero-order valence-electron chi connectivity index (χ0n) is 6.67. The van der Waals surface area contributed by atoms with E-state index in [0.29, 0.717) is 6.04 Å². The Kier molecular flexibility index (Phi) is 1.32. The lowest BCUT2D eigenvalue weighted by Gasteiger charge is -2.13. The minimum atomic E-state index is 0.118. The van der Waals surface area contributed by atoms with Gasteiger partial charge in [-0.25, -0.2) is 0 Å². The van der Waals surface area contributed by atoms with Crippen LogP contribution < -0.4 is 11.1 Å². The number of nitrogens with zero attached hydrogens (tertiary/aromatic N) is 1. The molecule has 2 unspecified atom stereocenters. The van der Waals surface area contributed by atoms with Gasteiger partial charge in [0.25, 0.3) is 0 Å². The molecule has 0 aromatic rings. The average Bonchev–Trinajstić information content (AvgIpc) is 2.43. The van der Waals surface area contributed by atoms with Crippen LogP contribution in [0, 0.1) is 17.2 Å². The van der Waals surface area contributed by atoms with E-state index in [9.17, 15) is 0 Å². The monoisotopic (exact) mass is 154 g/mol. The summed E-state index contributed by atoms with van der Waals surface area (Å²) in [5, 5.41) is 10.0. The van der Waals surface area contributed by atoms with E-state index in [0.717, 1.165) is 24.9 Å². The van der Waals surface area contributed by atoms with Crippen LogP contribution in [0.1, 0.15) is 0 Å². The van der Waals surface area contributed by atoms with Gasteiger partial charge < -0.3 is 16.0 Å². The second-order valence-corrected chi connectivity index (χ2v) is 3.63. The third-order valence-electron chi connectivity index (χ3n) is 2.70. The molecular weight excluding hydrogens is 140 g/mol. The number of hydrogen-bond donors (Lipinski definition) is 3. The van der Waals surface area contributed by atoms with Crippen molar-refractivity contribution in [2.45, 2.75) is 6.04 Å². The van der Waals surface area contributed by atoms with Gasteiger partial charge in [0, 0.05) is 19.1 Å². The van der Waals surface area contributed by atoms with Gasteiger partial charge in [0.15, 0.2) is 5.96 Å². The number of likely N-dealkylation sites (tertiary alicyclic amines) is 1. The van der Waals surface area contributed by atoms with Gasteiger partial charge >= 0.3 is 0 Å². The zero-order chi connectivity index (χ0) is 8.01. The third-order valence-corrected chi connectivity index (χ3v) is 2.70. The van der Waals surface area contributed by atoms with E-state index in [-0.39, 0.29) is 5.96 Å². The first-order valence-electron chi connectivity index (χ1n) is 3.97. The summed E-state index contributed by atoms with van der Waals surface area (Å²) in [4.78, 5) is 2.33. The van der Waals surface area contributed by atoms with Crippen molar-refractivity contribution in [3.8, 4) is 0 Å². The number of piperidine rings is 1. The number of guanidine groups is 1. The molecule has 0 radical (unpaired) electrons. The molecule has 1 heterocycles. The van der Waals surface area contributed by atoms with Crippen molar-refractivity contribution in [1.29, 1.82) is 5.41 Å². The molecule has 4 N–H and O–H groups in total. The average molecular weight is 154 g/mol. The molecule has 0 aromatic carbocycles. The molecule has 2 fully saturated rings. The molecule has 0 amide bonds. The summed E-state index contributed by atoms with van der Waals surface area (Å²) in [5.74, 6) is 1.62. The van der Waals surface area contributed by atoms with E-state index in [4.69, 9.17) is 11.1 Å². The fourth-order valence-corrected chi connectivity index (χ4v) is 2.13. The molecule has 2 atom stereocenters. The zero-order valence-corrected chi connectivity index (χ0v) is 6.67. The third kappa shape index (κ3) is 1.07. The molecule has 0 aromatic heterocycles. The highest BCUT2D eigenvalue weighted by Crippen LogP contribution is 2.44. The molecule has 4 nitrogen and oxygen atoms in total. The van der Waals surface area contributed by atoms with E-state index in [1.54, 1.807) is 0 Å². The second kappa shape index (κ2) is 2.11. The Balaban J connectivity index is 1.83. The van der Waals surface area contributed by atoms with E-state index >= 15 is 0 Å². The molecule has 2 aliphatic rings. The van der Waals surface area contributed by atoms with E-state index in [1.807, 2.05) is 0 Å².